The number of halogens is 3. The van der Waals surface area contributed by atoms with E-state index < -0.39 is 0 Å². The molecule has 0 radical (unpaired) electrons. The van der Waals surface area contributed by atoms with Crippen LogP contribution in [0.2, 0.25) is 0 Å². The first-order valence-electron chi connectivity index (χ1n) is 17.8. The molecule has 10 rings (SSSR count). The third kappa shape index (κ3) is 4.87. The van der Waals surface area contributed by atoms with Crippen molar-refractivity contribution < 1.29 is 28.4 Å². The van der Waals surface area contributed by atoms with Gasteiger partial charge in [-0.2, -0.15) is 0 Å². The van der Waals surface area contributed by atoms with Crippen LogP contribution in [-0.4, -0.2) is 57.6 Å². The zero-order valence-corrected chi connectivity index (χ0v) is 36.1. The summed E-state index contributed by atoms with van der Waals surface area (Å²) >= 11 is 10.9. The number of aromatic nitrogens is 3. The van der Waals surface area contributed by atoms with Crippen LogP contribution in [0.1, 0.15) is 0 Å². The fourth-order valence-corrected chi connectivity index (χ4v) is 9.45. The number of pyridine rings is 3. The van der Waals surface area contributed by atoms with Gasteiger partial charge in [0.2, 0.25) is 0 Å². The van der Waals surface area contributed by atoms with Gasteiger partial charge in [0, 0.05) is 62.4 Å². The van der Waals surface area contributed by atoms with Gasteiger partial charge in [0.1, 0.15) is 16.6 Å². The second kappa shape index (κ2) is 13.3. The Kier molecular flexibility index (Phi) is 8.40. The first-order chi connectivity index (χ1) is 27.8. The van der Waals surface area contributed by atoms with E-state index in [4.69, 9.17) is 43.4 Å². The molecule has 0 aliphatic carbocycles. The molecule has 3 aromatic heterocycles. The van der Waals surface area contributed by atoms with Crippen molar-refractivity contribution in [1.29, 1.82) is 0 Å². The van der Waals surface area contributed by atoms with Crippen molar-refractivity contribution in [3.05, 3.63) is 86.2 Å². The monoisotopic (exact) mass is 945 g/mol. The van der Waals surface area contributed by atoms with E-state index in [0.717, 1.165) is 78.6 Å². The molecule has 12 heteroatoms. The number of nitrogens with zero attached hydrogens (tertiary/aromatic N) is 3. The van der Waals surface area contributed by atoms with Crippen LogP contribution in [0.4, 0.5) is 0 Å². The quantitative estimate of drug-likeness (QED) is 0.104. The number of rotatable bonds is 9. The molecule has 0 unspecified atom stereocenters. The predicted octanol–water partition coefficient (Wildman–Crippen LogP) is 12.4. The minimum atomic E-state index is 0.474. The van der Waals surface area contributed by atoms with E-state index in [1.54, 1.807) is 42.7 Å². The predicted molar refractivity (Wildman–Crippen MR) is 237 cm³/mol. The molecule has 0 saturated carbocycles. The van der Waals surface area contributed by atoms with Gasteiger partial charge in [0.25, 0.3) is 0 Å². The Hall–Kier alpha value is -5.43. The van der Waals surface area contributed by atoms with E-state index in [0.29, 0.717) is 68.1 Å². The molecule has 0 aliphatic heterocycles. The number of methoxy groups -OCH3 is 6. The largest absolute Gasteiger partial charge is 0.492 e. The summed E-state index contributed by atoms with van der Waals surface area (Å²) < 4.78 is 41.0. The first-order valence-corrected chi connectivity index (χ1v) is 20.2. The van der Waals surface area contributed by atoms with Crippen molar-refractivity contribution in [2.45, 2.75) is 0 Å². The van der Waals surface area contributed by atoms with Crippen LogP contribution >= 0.6 is 47.8 Å². The SMILES string of the molecule is COc1c(OC)c2c(-c3ccc(Br)cc3)nc3c(OC)c(OC)c4c(-c5ccc(Br)cc5)nc5c(OC)c(OC)c6c(-c7ccc(Br)cc7)nc1c1c6c5c4c3c21. The molecule has 57 heavy (non-hydrogen) atoms. The molecule has 282 valence electrons. The fraction of sp³-hybridized carbons (Fsp3) is 0.133. The minimum absolute atomic E-state index is 0.474. The number of hydrogen-bond donors (Lipinski definition) is 0. The van der Waals surface area contributed by atoms with Crippen LogP contribution in [0.15, 0.2) is 86.2 Å². The highest BCUT2D eigenvalue weighted by Gasteiger charge is 2.37. The van der Waals surface area contributed by atoms with Crippen LogP contribution in [0.25, 0.3) is 98.8 Å². The Bertz CT molecular complexity index is 2840. The Labute approximate surface area is 351 Å². The zero-order valence-electron chi connectivity index (χ0n) is 31.4. The van der Waals surface area contributed by atoms with E-state index >= 15 is 0 Å². The van der Waals surface area contributed by atoms with Gasteiger partial charge in [0.05, 0.1) is 75.9 Å². The lowest BCUT2D eigenvalue weighted by Crippen LogP contribution is -2.07. The summed E-state index contributed by atoms with van der Waals surface area (Å²) in [7, 11) is 9.89. The summed E-state index contributed by atoms with van der Waals surface area (Å²) in [5.74, 6) is 2.94. The first kappa shape index (κ1) is 35.9. The summed E-state index contributed by atoms with van der Waals surface area (Å²) in [4.78, 5) is 16.5. The average molecular weight is 948 g/mol. The van der Waals surface area contributed by atoms with Gasteiger partial charge >= 0.3 is 0 Å². The molecular weight excluding hydrogens is 918 g/mol. The van der Waals surface area contributed by atoms with Crippen molar-refractivity contribution in [2.75, 3.05) is 42.7 Å². The van der Waals surface area contributed by atoms with Crippen LogP contribution in [0, 0.1) is 0 Å². The molecule has 10 aromatic rings. The second-order valence-corrected chi connectivity index (χ2v) is 16.3. The van der Waals surface area contributed by atoms with E-state index in [1.165, 1.54) is 0 Å². The minimum Gasteiger partial charge on any atom is -0.492 e. The summed E-state index contributed by atoms with van der Waals surface area (Å²) in [6.07, 6.45) is 0. The molecular formula is C45H30Br3N3O6. The molecule has 0 aliphatic rings. The Morgan fingerprint density at radius 1 is 0.298 bits per heavy atom. The standard InChI is InChI=1S/C45H30Br3N3O6/c1-52-40-31-25-28-26-30-27-29(25)38(49-34(31)19-7-13-22(46)14-8-19)44(56-5)42(54-3)33(27)36(21-11-17-24(48)18-12-21)51-39(30)45(57-6)41(53-2)32(26)35(50-37(28)43(40)55-4)20-9-15-23(47)16-10-20/h7-18H,1-6H3. The van der Waals surface area contributed by atoms with Crippen molar-refractivity contribution in [2.24, 2.45) is 0 Å². The highest BCUT2D eigenvalue weighted by Crippen LogP contribution is 2.62. The lowest BCUT2D eigenvalue weighted by Gasteiger charge is -2.28. The third-order valence-corrected chi connectivity index (χ3v) is 12.5. The smallest absolute Gasteiger partial charge is 0.187 e. The number of ether oxygens (including phenoxy) is 6. The van der Waals surface area contributed by atoms with Crippen molar-refractivity contribution in [3.8, 4) is 68.3 Å². The van der Waals surface area contributed by atoms with Crippen LogP contribution < -0.4 is 28.4 Å². The third-order valence-electron chi connectivity index (χ3n) is 10.9. The number of benzene rings is 7. The van der Waals surface area contributed by atoms with Gasteiger partial charge in [-0.25, -0.2) is 15.0 Å². The molecule has 0 amide bonds. The molecule has 0 spiro atoms. The Balaban J connectivity index is 1.62. The highest BCUT2D eigenvalue weighted by atomic mass is 79.9. The second-order valence-electron chi connectivity index (χ2n) is 13.5. The molecule has 7 aromatic carbocycles. The molecule has 0 atom stereocenters. The maximum atomic E-state index is 6.39. The van der Waals surface area contributed by atoms with Crippen molar-refractivity contribution in [3.63, 3.8) is 0 Å². The van der Waals surface area contributed by atoms with Gasteiger partial charge in [-0.05, 0) is 36.4 Å². The Morgan fingerprint density at radius 2 is 0.526 bits per heavy atom. The van der Waals surface area contributed by atoms with E-state index in [9.17, 15) is 0 Å². The van der Waals surface area contributed by atoms with Crippen molar-refractivity contribution >= 4 is 113 Å². The maximum Gasteiger partial charge on any atom is 0.187 e. The normalized spacial score (nSPS) is 11.9. The molecule has 0 N–H and O–H groups in total. The van der Waals surface area contributed by atoms with Gasteiger partial charge < -0.3 is 28.4 Å². The maximum absolute atomic E-state index is 6.39. The molecule has 0 saturated heterocycles. The van der Waals surface area contributed by atoms with Crippen LogP contribution in [0.3, 0.4) is 0 Å². The lowest BCUT2D eigenvalue weighted by atomic mass is 9.82. The Morgan fingerprint density at radius 3 is 0.737 bits per heavy atom. The van der Waals surface area contributed by atoms with E-state index in [1.807, 2.05) is 72.8 Å². The highest BCUT2D eigenvalue weighted by molar-refractivity contribution is 9.11. The zero-order chi connectivity index (χ0) is 39.4. The van der Waals surface area contributed by atoms with Crippen molar-refractivity contribution in [1.82, 2.24) is 15.0 Å². The topological polar surface area (TPSA) is 94.1 Å². The van der Waals surface area contributed by atoms with Gasteiger partial charge in [-0.15, -0.1) is 0 Å². The summed E-state index contributed by atoms with van der Waals surface area (Å²) in [5.41, 5.74) is 6.46. The average Bonchev–Trinajstić information content (AvgIpc) is 3.24. The summed E-state index contributed by atoms with van der Waals surface area (Å²) in [5, 5.41) is 7.46. The summed E-state index contributed by atoms with van der Waals surface area (Å²) in [6, 6.07) is 24.2. The van der Waals surface area contributed by atoms with Gasteiger partial charge in [-0.3, -0.25) is 0 Å². The van der Waals surface area contributed by atoms with E-state index in [-0.39, 0.29) is 0 Å². The summed E-state index contributed by atoms with van der Waals surface area (Å²) in [6.45, 7) is 0. The van der Waals surface area contributed by atoms with Crippen LogP contribution in [0.5, 0.6) is 34.5 Å². The number of hydrogen-bond acceptors (Lipinski definition) is 9. The van der Waals surface area contributed by atoms with Crippen LogP contribution in [-0.2, 0) is 0 Å². The molecule has 0 fully saturated rings. The fourth-order valence-electron chi connectivity index (χ4n) is 8.66. The molecule has 0 bridgehead atoms. The molecule has 3 heterocycles. The molecule has 9 nitrogen and oxygen atoms in total. The van der Waals surface area contributed by atoms with Gasteiger partial charge in [0.15, 0.2) is 34.5 Å². The van der Waals surface area contributed by atoms with Gasteiger partial charge in [-0.1, -0.05) is 84.2 Å². The van der Waals surface area contributed by atoms with E-state index in [2.05, 4.69) is 47.8 Å². The lowest BCUT2D eigenvalue weighted by molar-refractivity contribution is 0.360.